The second-order valence-electron chi connectivity index (χ2n) is 6.49. The van der Waals surface area contributed by atoms with Crippen LogP contribution in [0.3, 0.4) is 0 Å². The van der Waals surface area contributed by atoms with Crippen LogP contribution in [0.5, 0.6) is 28.7 Å². The molecule has 1 N–H and O–H groups in total. The minimum atomic E-state index is -0.615. The van der Waals surface area contributed by atoms with Gasteiger partial charge in [0.25, 0.3) is 0 Å². The van der Waals surface area contributed by atoms with Crippen molar-refractivity contribution in [1.82, 2.24) is 0 Å². The Hall–Kier alpha value is -3.35. The molecule has 7 nitrogen and oxygen atoms in total. The van der Waals surface area contributed by atoms with Gasteiger partial charge < -0.3 is 28.5 Å². The van der Waals surface area contributed by atoms with Crippen LogP contribution in [0.25, 0.3) is 11.0 Å². The summed E-state index contributed by atoms with van der Waals surface area (Å²) in [4.78, 5) is 13.4. The molecule has 0 aliphatic carbocycles. The van der Waals surface area contributed by atoms with Crippen LogP contribution >= 0.6 is 0 Å². The smallest absolute Gasteiger partial charge is 0.181 e. The number of aromatic hydroxyl groups is 1. The highest BCUT2D eigenvalue weighted by molar-refractivity contribution is 6.11. The number of carbonyl (C=O) groups excluding carboxylic acids is 1. The number of benzene rings is 2. The summed E-state index contributed by atoms with van der Waals surface area (Å²) in [6, 6.07) is 6.58. The fraction of sp³-hybridized carbons (Fsp3) is 0.250. The Bertz CT molecular complexity index is 1080. The quantitative estimate of drug-likeness (QED) is 0.743. The largest absolute Gasteiger partial charge is 0.507 e. The van der Waals surface area contributed by atoms with Crippen molar-refractivity contribution < 1.29 is 33.3 Å². The highest BCUT2D eigenvalue weighted by Crippen LogP contribution is 2.50. The highest BCUT2D eigenvalue weighted by atomic mass is 16.5. The molecular formula is C20H16O7. The fourth-order valence-electron chi connectivity index (χ4n) is 3.86. The number of Topliss-reactive ketones (excluding diaryl/α,β-unsaturated/α-hetero) is 1. The maximum Gasteiger partial charge on any atom is 0.181 e. The van der Waals surface area contributed by atoms with E-state index in [-0.39, 0.29) is 23.7 Å². The first-order valence-electron chi connectivity index (χ1n) is 8.45. The molecule has 0 spiro atoms. The number of hydrogen-bond acceptors (Lipinski definition) is 7. The number of rotatable bonds is 2. The van der Waals surface area contributed by atoms with E-state index in [1.807, 2.05) is 0 Å². The van der Waals surface area contributed by atoms with Crippen molar-refractivity contribution in [2.75, 3.05) is 20.8 Å². The van der Waals surface area contributed by atoms with Gasteiger partial charge in [-0.05, 0) is 12.1 Å². The Morgan fingerprint density at radius 2 is 1.93 bits per heavy atom. The second-order valence-corrected chi connectivity index (χ2v) is 6.49. The summed E-state index contributed by atoms with van der Waals surface area (Å²) in [6.07, 6.45) is 0.976. The SMILES string of the molecule is COc1cc2c(cc1OC)[C@@H]1C(=O)c3c(O)cc4occc4c3O[C@@H]1CO2. The van der Waals surface area contributed by atoms with Crippen molar-refractivity contribution in [1.29, 1.82) is 0 Å². The van der Waals surface area contributed by atoms with E-state index < -0.39 is 12.0 Å². The molecule has 7 heteroatoms. The Kier molecular flexibility index (Phi) is 3.28. The number of furan rings is 1. The Labute approximate surface area is 154 Å². The first-order valence-corrected chi connectivity index (χ1v) is 8.45. The van der Waals surface area contributed by atoms with Crippen LogP contribution < -0.4 is 18.9 Å². The van der Waals surface area contributed by atoms with E-state index in [0.29, 0.717) is 39.5 Å². The van der Waals surface area contributed by atoms with E-state index in [2.05, 4.69) is 0 Å². The number of fused-ring (bicyclic) bond motifs is 6. The zero-order valence-corrected chi connectivity index (χ0v) is 14.6. The van der Waals surface area contributed by atoms with Crippen molar-refractivity contribution in [2.24, 2.45) is 0 Å². The van der Waals surface area contributed by atoms with E-state index >= 15 is 0 Å². The normalized spacial score (nSPS) is 20.1. The van der Waals surface area contributed by atoms with Gasteiger partial charge in [-0.2, -0.15) is 0 Å². The van der Waals surface area contributed by atoms with Crippen molar-refractivity contribution >= 4 is 16.8 Å². The lowest BCUT2D eigenvalue weighted by molar-refractivity contribution is 0.0561. The molecule has 0 radical (unpaired) electrons. The van der Waals surface area contributed by atoms with Crippen LogP contribution in [0.1, 0.15) is 21.8 Å². The minimum absolute atomic E-state index is 0.160. The van der Waals surface area contributed by atoms with Gasteiger partial charge in [-0.25, -0.2) is 0 Å². The first kappa shape index (κ1) is 15.9. The van der Waals surface area contributed by atoms with Gasteiger partial charge in [0.15, 0.2) is 17.3 Å². The van der Waals surface area contributed by atoms with E-state index in [0.717, 1.165) is 0 Å². The van der Waals surface area contributed by atoms with Crippen LogP contribution in [0.4, 0.5) is 0 Å². The van der Waals surface area contributed by atoms with Crippen LogP contribution in [0.2, 0.25) is 0 Å². The fourth-order valence-corrected chi connectivity index (χ4v) is 3.86. The van der Waals surface area contributed by atoms with E-state index in [9.17, 15) is 9.90 Å². The molecule has 27 heavy (non-hydrogen) atoms. The summed E-state index contributed by atoms with van der Waals surface area (Å²) >= 11 is 0. The maximum atomic E-state index is 13.4. The third-order valence-electron chi connectivity index (χ3n) is 5.11. The molecule has 1 aromatic heterocycles. The second kappa shape index (κ2) is 5.57. The number of methoxy groups -OCH3 is 2. The summed E-state index contributed by atoms with van der Waals surface area (Å²) in [5.74, 6) is 0.880. The molecule has 2 aliphatic heterocycles. The van der Waals surface area contributed by atoms with Crippen LogP contribution in [0.15, 0.2) is 34.9 Å². The summed E-state index contributed by atoms with van der Waals surface area (Å²) in [6.45, 7) is 0.202. The first-order chi connectivity index (χ1) is 13.1. The summed E-state index contributed by atoms with van der Waals surface area (Å²) < 4.78 is 27.9. The zero-order chi connectivity index (χ0) is 18.7. The summed E-state index contributed by atoms with van der Waals surface area (Å²) in [5.41, 5.74) is 1.26. The predicted molar refractivity (Wildman–Crippen MR) is 94.4 cm³/mol. The molecule has 2 atom stereocenters. The van der Waals surface area contributed by atoms with Gasteiger partial charge in [0, 0.05) is 17.7 Å². The molecule has 2 aromatic carbocycles. The molecule has 3 aromatic rings. The van der Waals surface area contributed by atoms with E-state index in [4.69, 9.17) is 23.4 Å². The Morgan fingerprint density at radius 3 is 2.70 bits per heavy atom. The predicted octanol–water partition coefficient (Wildman–Crippen LogP) is 3.28. The number of ketones is 1. The molecular weight excluding hydrogens is 352 g/mol. The summed E-state index contributed by atoms with van der Waals surface area (Å²) in [7, 11) is 3.07. The lowest BCUT2D eigenvalue weighted by atomic mass is 9.81. The maximum absolute atomic E-state index is 13.4. The molecule has 0 unspecified atom stereocenters. The van der Waals surface area contributed by atoms with Crippen molar-refractivity contribution in [3.63, 3.8) is 0 Å². The molecule has 0 fully saturated rings. The zero-order valence-electron chi connectivity index (χ0n) is 14.6. The number of phenols is 1. The molecule has 138 valence electrons. The number of ether oxygens (including phenoxy) is 4. The molecule has 0 bridgehead atoms. The number of carbonyl (C=O) groups is 1. The van der Waals surface area contributed by atoms with Gasteiger partial charge in [-0.1, -0.05) is 0 Å². The Morgan fingerprint density at radius 1 is 1.15 bits per heavy atom. The van der Waals surface area contributed by atoms with Gasteiger partial charge in [0.1, 0.15) is 41.1 Å². The van der Waals surface area contributed by atoms with Crippen LogP contribution in [0, 0.1) is 0 Å². The van der Waals surface area contributed by atoms with Crippen LogP contribution in [-0.4, -0.2) is 37.8 Å². The van der Waals surface area contributed by atoms with Gasteiger partial charge in [-0.3, -0.25) is 4.79 Å². The minimum Gasteiger partial charge on any atom is -0.507 e. The molecule has 0 saturated heterocycles. The number of phenolic OH excluding ortho intramolecular Hbond substituents is 1. The molecule has 2 aliphatic rings. The van der Waals surface area contributed by atoms with Crippen molar-refractivity contribution in [2.45, 2.75) is 12.0 Å². The third-order valence-corrected chi connectivity index (χ3v) is 5.11. The standard InChI is InChI=1S/C20H16O7/c1-23-14-5-10-13(7-15(14)24-2)26-8-16-17(10)19(22)18-11(21)6-12-9(3-4-25-12)20(18)27-16/h3-7,16-17,21H,8H2,1-2H3/t16-,17+/m1/s1. The average Bonchev–Trinajstić information content (AvgIpc) is 3.14. The molecule has 3 heterocycles. The third kappa shape index (κ3) is 2.11. The number of hydrogen-bond donors (Lipinski definition) is 1. The molecule has 0 saturated carbocycles. The topological polar surface area (TPSA) is 87.4 Å². The molecule has 5 rings (SSSR count). The summed E-state index contributed by atoms with van der Waals surface area (Å²) in [5, 5.41) is 11.1. The van der Waals surface area contributed by atoms with Crippen LogP contribution in [-0.2, 0) is 0 Å². The van der Waals surface area contributed by atoms with Crippen molar-refractivity contribution in [3.8, 4) is 28.7 Å². The van der Waals surface area contributed by atoms with E-state index in [1.54, 1.807) is 18.2 Å². The molecule has 0 amide bonds. The lowest BCUT2D eigenvalue weighted by Gasteiger charge is -2.37. The van der Waals surface area contributed by atoms with Gasteiger partial charge in [-0.15, -0.1) is 0 Å². The van der Waals surface area contributed by atoms with Gasteiger partial charge in [0.05, 0.1) is 31.8 Å². The Balaban J connectivity index is 1.70. The van der Waals surface area contributed by atoms with Gasteiger partial charge in [0.2, 0.25) is 0 Å². The monoisotopic (exact) mass is 368 g/mol. The highest BCUT2D eigenvalue weighted by Gasteiger charge is 2.45. The van der Waals surface area contributed by atoms with Crippen molar-refractivity contribution in [3.05, 3.63) is 41.7 Å². The van der Waals surface area contributed by atoms with E-state index in [1.165, 1.54) is 26.5 Å². The average molecular weight is 368 g/mol. The van der Waals surface area contributed by atoms with Gasteiger partial charge >= 0.3 is 0 Å². The lowest BCUT2D eigenvalue weighted by Crippen LogP contribution is -2.43.